The molecule has 5 rings (SSSR count). The van der Waals surface area contributed by atoms with Crippen molar-refractivity contribution >= 4 is 23.5 Å². The maximum absolute atomic E-state index is 12.7. The second-order valence-electron chi connectivity index (χ2n) is 7.57. The Balaban J connectivity index is 1.81. The zero-order valence-corrected chi connectivity index (χ0v) is 14.5. The molecule has 25 heavy (non-hydrogen) atoms. The van der Waals surface area contributed by atoms with Crippen molar-refractivity contribution in [2.75, 3.05) is 20.1 Å². The molecule has 3 aliphatic heterocycles. The fraction of sp³-hybridized carbons (Fsp3) is 0.474. The molecule has 3 amide bonds. The van der Waals surface area contributed by atoms with Gasteiger partial charge in [0.15, 0.2) is 5.69 Å². The predicted octanol–water partition coefficient (Wildman–Crippen LogP) is 2.27. The average molecular weight is 340 g/mol. The number of amidine groups is 1. The minimum absolute atomic E-state index is 0.409. The summed E-state index contributed by atoms with van der Waals surface area (Å²) in [6.45, 7) is 3.20. The van der Waals surface area contributed by atoms with Gasteiger partial charge in [-0.05, 0) is 43.6 Å². The third kappa shape index (κ3) is 2.56. The molecule has 2 N–H and O–H groups in total. The number of fused-ring (bicyclic) bond motifs is 5. The standard InChI is InChI=1S/C19H23N4O2/c1-23(19(20)25)16-5-3-2-4-15(16)18(21-10-17(23)24)22-11-13-6-7-14(12-22)9-8-13/h2-5,10,13-14H,6-9,11-12H2,1H3,(H-,20,25)/p+1. The number of benzene rings is 1. The lowest BCUT2D eigenvalue weighted by atomic mass is 9.84. The lowest BCUT2D eigenvalue weighted by Gasteiger charge is -2.29. The number of hydrogen-bond donors (Lipinski definition) is 1. The normalized spacial score (nSPS) is 31.8. The van der Waals surface area contributed by atoms with Crippen LogP contribution in [0.25, 0.3) is 0 Å². The summed E-state index contributed by atoms with van der Waals surface area (Å²) in [5, 5.41) is 0. The zero-order chi connectivity index (χ0) is 17.6. The van der Waals surface area contributed by atoms with E-state index in [1.165, 1.54) is 32.2 Å². The molecule has 1 atom stereocenters. The molecule has 1 unspecified atom stereocenters. The number of carbonyl (C=O) groups excluding carboxylic acids is 2. The number of nitrogens with two attached hydrogens (primary N) is 1. The average Bonchev–Trinajstić information content (AvgIpc) is 2.98. The Bertz CT molecular complexity index is 738. The molecule has 6 heteroatoms. The molecule has 4 aliphatic rings. The number of hydrogen-bond acceptors (Lipinski definition) is 4. The number of rotatable bonds is 0. The number of likely N-dealkylation sites (N-methyl/N-ethyl adjacent to an activating group) is 1. The fourth-order valence-electron chi connectivity index (χ4n) is 4.42. The van der Waals surface area contributed by atoms with Gasteiger partial charge < -0.3 is 10.6 Å². The van der Waals surface area contributed by atoms with Crippen LogP contribution in [-0.2, 0) is 4.79 Å². The van der Waals surface area contributed by atoms with Gasteiger partial charge in [0, 0.05) is 19.2 Å². The van der Waals surface area contributed by atoms with Crippen LogP contribution in [0.4, 0.5) is 10.5 Å². The predicted molar refractivity (Wildman–Crippen MR) is 96.6 cm³/mol. The Kier molecular flexibility index (Phi) is 3.87. The fourth-order valence-corrected chi connectivity index (χ4v) is 4.42. The smallest absolute Gasteiger partial charge is 0.356 e. The molecule has 0 aromatic heterocycles. The van der Waals surface area contributed by atoms with E-state index >= 15 is 0 Å². The van der Waals surface area contributed by atoms with E-state index in [0.717, 1.165) is 24.5 Å². The lowest BCUT2D eigenvalue weighted by molar-refractivity contribution is -0.123. The van der Waals surface area contributed by atoms with Crippen molar-refractivity contribution in [1.82, 2.24) is 9.38 Å². The van der Waals surface area contributed by atoms with Crippen LogP contribution >= 0.6 is 0 Å². The number of urea groups is 1. The van der Waals surface area contributed by atoms with Crippen molar-refractivity contribution in [2.24, 2.45) is 22.6 Å². The molecule has 3 fully saturated rings. The number of aliphatic imine (C=N–C) groups is 1. The first kappa shape index (κ1) is 16.3. The van der Waals surface area contributed by atoms with Gasteiger partial charge in [0.05, 0.1) is 12.6 Å². The second kappa shape index (κ2) is 5.95. The molecule has 1 aromatic rings. The first-order valence-electron chi connectivity index (χ1n) is 8.97. The van der Waals surface area contributed by atoms with Crippen molar-refractivity contribution in [3.8, 4) is 0 Å². The Morgan fingerprint density at radius 1 is 1.16 bits per heavy atom. The van der Waals surface area contributed by atoms with E-state index < -0.39 is 16.4 Å². The first-order valence-corrected chi connectivity index (χ1v) is 8.97. The van der Waals surface area contributed by atoms with Gasteiger partial charge in [-0.25, -0.2) is 14.6 Å². The Morgan fingerprint density at radius 2 is 1.76 bits per heavy atom. The summed E-state index contributed by atoms with van der Waals surface area (Å²) >= 11 is 0. The number of nitrogens with zero attached hydrogens (tertiary/aromatic N) is 3. The molecule has 6 nitrogen and oxygen atoms in total. The summed E-state index contributed by atoms with van der Waals surface area (Å²) in [6.07, 6.45) is 5.09. The Morgan fingerprint density at radius 3 is 2.36 bits per heavy atom. The molecule has 1 aromatic carbocycles. The Labute approximate surface area is 147 Å². The van der Waals surface area contributed by atoms with Crippen LogP contribution in [-0.4, -0.2) is 42.8 Å². The number of primary amides is 1. The highest BCUT2D eigenvalue weighted by Gasteiger charge is 2.46. The van der Waals surface area contributed by atoms with Gasteiger partial charge in [0.2, 0.25) is 6.54 Å². The van der Waals surface area contributed by atoms with E-state index in [9.17, 15) is 9.59 Å². The maximum Gasteiger partial charge on any atom is 0.426 e. The van der Waals surface area contributed by atoms with Crippen molar-refractivity contribution in [1.29, 1.82) is 0 Å². The van der Waals surface area contributed by atoms with Gasteiger partial charge in [-0.3, -0.25) is 0 Å². The van der Waals surface area contributed by atoms with E-state index in [0.29, 0.717) is 17.5 Å². The maximum atomic E-state index is 12.7. The minimum Gasteiger partial charge on any atom is -0.356 e. The molecule has 131 valence electrons. The number of para-hydroxylation sites is 1. The molecule has 1 aliphatic carbocycles. The number of quaternary nitrogens is 1. The van der Waals surface area contributed by atoms with Gasteiger partial charge in [-0.2, -0.15) is 0 Å². The second-order valence-corrected chi connectivity index (χ2v) is 7.57. The number of amides is 3. The summed E-state index contributed by atoms with van der Waals surface area (Å²) in [5.74, 6) is 1.76. The summed E-state index contributed by atoms with van der Waals surface area (Å²) in [6, 6.07) is 6.80. The van der Waals surface area contributed by atoms with Crippen LogP contribution in [0.15, 0.2) is 29.3 Å². The highest BCUT2D eigenvalue weighted by Crippen LogP contribution is 2.37. The largest absolute Gasteiger partial charge is 0.426 e. The van der Waals surface area contributed by atoms with Gasteiger partial charge >= 0.3 is 11.9 Å². The lowest BCUT2D eigenvalue weighted by Crippen LogP contribution is -2.58. The topological polar surface area (TPSA) is 75.8 Å². The highest BCUT2D eigenvalue weighted by molar-refractivity contribution is 6.17. The van der Waals surface area contributed by atoms with Crippen LogP contribution in [0.3, 0.4) is 0 Å². The van der Waals surface area contributed by atoms with Crippen molar-refractivity contribution in [2.45, 2.75) is 25.7 Å². The zero-order valence-electron chi connectivity index (χ0n) is 14.5. The molecular formula is C19H24N4O2+. The molecular weight excluding hydrogens is 316 g/mol. The third-order valence-corrected chi connectivity index (χ3v) is 6.03. The summed E-state index contributed by atoms with van der Waals surface area (Å²) < 4.78 is -0.579. The van der Waals surface area contributed by atoms with E-state index in [-0.39, 0.29) is 0 Å². The van der Waals surface area contributed by atoms with E-state index in [1.54, 1.807) is 13.1 Å². The van der Waals surface area contributed by atoms with Crippen LogP contribution in [0.5, 0.6) is 0 Å². The molecule has 3 heterocycles. The third-order valence-electron chi connectivity index (χ3n) is 6.03. The SMILES string of the molecule is C[N+]1(C(N)=O)C(=O)[CH]N=C(N2CC3CCC(CC3)C2)c2ccccc21. The first-order chi connectivity index (χ1) is 12.0. The van der Waals surface area contributed by atoms with Gasteiger partial charge in [-0.1, -0.05) is 12.1 Å². The van der Waals surface area contributed by atoms with Crippen molar-refractivity contribution in [3.05, 3.63) is 36.4 Å². The van der Waals surface area contributed by atoms with E-state index in [4.69, 9.17) is 5.73 Å². The highest BCUT2D eigenvalue weighted by atomic mass is 16.2. The minimum atomic E-state index is -0.693. The number of benzodiazepines with no additional fused rings is 1. The van der Waals surface area contributed by atoms with Gasteiger partial charge in [0.25, 0.3) is 0 Å². The summed E-state index contributed by atoms with van der Waals surface area (Å²) in [4.78, 5) is 31.7. The van der Waals surface area contributed by atoms with E-state index in [1.807, 2.05) is 18.2 Å². The van der Waals surface area contributed by atoms with Gasteiger partial charge in [-0.15, -0.1) is 4.48 Å². The molecule has 1 saturated carbocycles. The van der Waals surface area contributed by atoms with E-state index in [2.05, 4.69) is 9.89 Å². The summed E-state index contributed by atoms with van der Waals surface area (Å²) in [5.41, 5.74) is 7.03. The number of imide groups is 1. The number of carbonyl (C=O) groups is 2. The van der Waals surface area contributed by atoms with Crippen LogP contribution in [0.2, 0.25) is 0 Å². The Hall–Kier alpha value is -2.21. The quantitative estimate of drug-likeness (QED) is 0.736. The molecule has 2 bridgehead atoms. The van der Waals surface area contributed by atoms with Crippen LogP contribution in [0, 0.1) is 18.4 Å². The van der Waals surface area contributed by atoms with Crippen molar-refractivity contribution < 1.29 is 9.59 Å². The van der Waals surface area contributed by atoms with Crippen LogP contribution in [0.1, 0.15) is 31.2 Å². The molecule has 2 saturated heterocycles. The van der Waals surface area contributed by atoms with Crippen LogP contribution < -0.4 is 10.2 Å². The summed E-state index contributed by atoms with van der Waals surface area (Å²) in [7, 11) is 1.55. The molecule has 0 spiro atoms. The monoisotopic (exact) mass is 340 g/mol. The van der Waals surface area contributed by atoms with Crippen molar-refractivity contribution in [3.63, 3.8) is 0 Å². The van der Waals surface area contributed by atoms with Gasteiger partial charge in [0.1, 0.15) is 5.84 Å². The molecule has 1 radical (unpaired) electrons.